The van der Waals surface area contributed by atoms with Crippen LogP contribution in [0, 0.1) is 0 Å². The molecule has 6 radical (unpaired) electrons. The van der Waals surface area contributed by atoms with Gasteiger partial charge >= 0.3 is 10.1 Å². The van der Waals surface area contributed by atoms with Crippen molar-refractivity contribution in [3.63, 3.8) is 0 Å². The minimum Gasteiger partial charge on any atom is -0.467 e. The summed E-state index contributed by atoms with van der Waals surface area (Å²) < 4.78 is 33.0. The summed E-state index contributed by atoms with van der Waals surface area (Å²) in [7, 11) is 12.8. The molecule has 1 atom stereocenters. The van der Waals surface area contributed by atoms with Gasteiger partial charge in [0.25, 0.3) is 0 Å². The first-order chi connectivity index (χ1) is 13.4. The van der Waals surface area contributed by atoms with Gasteiger partial charge in [0.1, 0.15) is 7.85 Å². The lowest BCUT2D eigenvalue weighted by atomic mass is 9.65. The van der Waals surface area contributed by atoms with E-state index in [2.05, 4.69) is 0 Å². The molecule has 142 valence electrons. The fourth-order valence-corrected chi connectivity index (χ4v) is 3.98. The second-order valence-corrected chi connectivity index (χ2v) is 8.78. The van der Waals surface area contributed by atoms with Gasteiger partial charge < -0.3 is 14.7 Å². The van der Waals surface area contributed by atoms with Gasteiger partial charge in [0.2, 0.25) is 17.4 Å². The maximum Gasteiger partial charge on any atom is 0.302 e. The van der Waals surface area contributed by atoms with Crippen molar-refractivity contribution in [2.45, 2.75) is 10.0 Å². The minimum atomic E-state index is -4.81. The standard InChI is InChI=1S/C17H10B3Cl2NO5S/c18-16(11-8-10(21)6-7-12(11)22)14(24)13(15(23)27-16)28-29(25,26)17(19,20)9-4-2-1-3-5-9/h1-8H,23H2/t16-/m1/s1. The second-order valence-electron chi connectivity index (χ2n) is 6.18. The molecule has 1 heterocycles. The van der Waals surface area contributed by atoms with Crippen molar-refractivity contribution < 1.29 is 22.1 Å². The SMILES string of the molecule is [B]C([B])(c1ccccc1)S(=O)(=O)OC1=C(N)O[C@]([B])(c2cc(Cl)ccc2Cl)C1=O. The van der Waals surface area contributed by atoms with Crippen LogP contribution in [0.15, 0.2) is 60.2 Å². The van der Waals surface area contributed by atoms with E-state index in [0.717, 1.165) is 0 Å². The van der Waals surface area contributed by atoms with Crippen LogP contribution in [0.5, 0.6) is 0 Å². The van der Waals surface area contributed by atoms with E-state index in [0.29, 0.717) is 0 Å². The molecule has 0 saturated heterocycles. The van der Waals surface area contributed by atoms with Crippen molar-refractivity contribution in [2.24, 2.45) is 5.73 Å². The molecule has 0 bridgehead atoms. The van der Waals surface area contributed by atoms with Gasteiger partial charge in [-0.2, -0.15) is 8.42 Å². The molecule has 0 fully saturated rings. The van der Waals surface area contributed by atoms with Crippen molar-refractivity contribution >= 4 is 62.6 Å². The van der Waals surface area contributed by atoms with E-state index in [-0.39, 0.29) is 21.2 Å². The number of hydrogen-bond donors (Lipinski definition) is 1. The van der Waals surface area contributed by atoms with Gasteiger partial charge in [0.05, 0.1) is 20.2 Å². The molecule has 0 amide bonds. The molecule has 1 aliphatic heterocycles. The zero-order valence-electron chi connectivity index (χ0n) is 14.6. The first-order valence-electron chi connectivity index (χ1n) is 7.95. The Morgan fingerprint density at radius 3 is 2.34 bits per heavy atom. The van der Waals surface area contributed by atoms with Crippen LogP contribution in [0.25, 0.3) is 0 Å². The van der Waals surface area contributed by atoms with Gasteiger partial charge in [-0.05, 0) is 23.8 Å². The maximum atomic E-state index is 12.9. The molecule has 0 spiro atoms. The van der Waals surface area contributed by atoms with E-state index >= 15 is 0 Å². The van der Waals surface area contributed by atoms with Crippen molar-refractivity contribution in [3.05, 3.63) is 81.3 Å². The quantitative estimate of drug-likeness (QED) is 0.556. The predicted octanol–water partition coefficient (Wildman–Crippen LogP) is 1.54. The van der Waals surface area contributed by atoms with Gasteiger partial charge in [-0.3, -0.25) is 4.79 Å². The zero-order chi connectivity index (χ0) is 21.6. The van der Waals surface area contributed by atoms with E-state index in [9.17, 15) is 13.2 Å². The Labute approximate surface area is 181 Å². The molecule has 0 aromatic heterocycles. The molecule has 12 heteroatoms. The Hall–Kier alpha value is -2.03. The van der Waals surface area contributed by atoms with E-state index < -0.39 is 37.6 Å². The first-order valence-corrected chi connectivity index (χ1v) is 10.1. The van der Waals surface area contributed by atoms with Crippen molar-refractivity contribution in [1.29, 1.82) is 0 Å². The molecule has 0 unspecified atom stereocenters. The van der Waals surface area contributed by atoms with E-state index in [1.54, 1.807) is 6.07 Å². The highest BCUT2D eigenvalue weighted by atomic mass is 35.5. The number of halogens is 2. The number of Topliss-reactive ketones (excluding diaryl/α,β-unsaturated/α-hetero) is 1. The number of benzene rings is 2. The van der Waals surface area contributed by atoms with Gasteiger partial charge in [-0.15, -0.1) is 0 Å². The van der Waals surface area contributed by atoms with Gasteiger partial charge in [0.15, 0.2) is 5.50 Å². The number of ketones is 1. The van der Waals surface area contributed by atoms with Crippen LogP contribution < -0.4 is 5.73 Å². The van der Waals surface area contributed by atoms with Crippen molar-refractivity contribution in [3.8, 4) is 0 Å². The summed E-state index contributed by atoms with van der Waals surface area (Å²) in [5, 5.41) is 0.247. The highest BCUT2D eigenvalue weighted by Gasteiger charge is 2.51. The summed E-state index contributed by atoms with van der Waals surface area (Å²) in [6, 6.07) is 11.6. The third-order valence-electron chi connectivity index (χ3n) is 4.20. The molecule has 29 heavy (non-hydrogen) atoms. The summed E-state index contributed by atoms with van der Waals surface area (Å²) in [6.45, 7) is 0. The molecule has 6 nitrogen and oxygen atoms in total. The van der Waals surface area contributed by atoms with Crippen molar-refractivity contribution in [2.75, 3.05) is 0 Å². The Kier molecular flexibility index (Phi) is 5.49. The molecular formula is C17H10B3Cl2NO5S. The van der Waals surface area contributed by atoms with Gasteiger partial charge in [-0.25, -0.2) is 0 Å². The second kappa shape index (κ2) is 7.34. The van der Waals surface area contributed by atoms with Crippen LogP contribution >= 0.6 is 23.2 Å². The number of carbonyl (C=O) groups is 1. The maximum absolute atomic E-state index is 12.9. The number of nitrogens with two attached hydrogens (primary N) is 1. The number of carbonyl (C=O) groups excluding carboxylic acids is 1. The van der Waals surface area contributed by atoms with Gasteiger partial charge in [-0.1, -0.05) is 53.5 Å². The number of rotatable bonds is 5. The highest BCUT2D eigenvalue weighted by molar-refractivity contribution is 7.90. The fourth-order valence-electron chi connectivity index (χ4n) is 2.61. The third-order valence-corrected chi connectivity index (χ3v) is 6.21. The smallest absolute Gasteiger partial charge is 0.302 e. The normalized spacial score (nSPS) is 19.9. The summed E-state index contributed by atoms with van der Waals surface area (Å²) in [5.74, 6) is -2.66. The summed E-state index contributed by atoms with van der Waals surface area (Å²) in [5.41, 5.74) is 3.39. The number of ether oxygens (including phenoxy) is 1. The van der Waals surface area contributed by atoms with E-state index in [1.165, 1.54) is 42.5 Å². The lowest BCUT2D eigenvalue weighted by molar-refractivity contribution is -0.126. The summed E-state index contributed by atoms with van der Waals surface area (Å²) in [6.07, 6.45) is 0. The van der Waals surface area contributed by atoms with Gasteiger partial charge in [0, 0.05) is 15.6 Å². The van der Waals surface area contributed by atoms with Crippen LogP contribution in [-0.2, 0) is 33.9 Å². The average molecular weight is 444 g/mol. The Morgan fingerprint density at radius 2 is 1.72 bits per heavy atom. The fraction of sp³-hybridized carbons (Fsp3) is 0.118. The van der Waals surface area contributed by atoms with Crippen LogP contribution in [0.3, 0.4) is 0 Å². The lowest BCUT2D eigenvalue weighted by Gasteiger charge is -2.27. The third kappa shape index (κ3) is 3.65. The molecular weight excluding hydrogens is 434 g/mol. The van der Waals surface area contributed by atoms with Crippen LogP contribution in [0.1, 0.15) is 11.1 Å². The summed E-state index contributed by atoms with van der Waals surface area (Å²) in [4.78, 5) is 12.9. The monoisotopic (exact) mass is 443 g/mol. The average Bonchev–Trinajstić information content (AvgIpc) is 2.88. The molecule has 0 aliphatic carbocycles. The van der Waals surface area contributed by atoms with Crippen LogP contribution in [0.2, 0.25) is 10.0 Å². The Bertz CT molecular complexity index is 1130. The van der Waals surface area contributed by atoms with Crippen molar-refractivity contribution in [1.82, 2.24) is 0 Å². The molecule has 1 aliphatic rings. The topological polar surface area (TPSA) is 95.7 Å². The largest absolute Gasteiger partial charge is 0.467 e. The van der Waals surface area contributed by atoms with E-state index in [1.807, 2.05) is 0 Å². The molecule has 2 aromatic carbocycles. The van der Waals surface area contributed by atoms with E-state index in [4.69, 9.17) is 61.4 Å². The molecule has 0 saturated carbocycles. The Morgan fingerprint density at radius 1 is 1.10 bits per heavy atom. The minimum absolute atomic E-state index is 0.0161. The molecule has 2 aromatic rings. The van der Waals surface area contributed by atoms with Crippen LogP contribution in [0.4, 0.5) is 0 Å². The highest BCUT2D eigenvalue weighted by Crippen LogP contribution is 2.41. The number of hydrogen-bond acceptors (Lipinski definition) is 6. The first kappa shape index (κ1) is 21.7. The zero-order valence-corrected chi connectivity index (χ0v) is 17.0. The van der Waals surface area contributed by atoms with Crippen LogP contribution in [-0.4, -0.2) is 37.7 Å². The Balaban J connectivity index is 1.97. The summed E-state index contributed by atoms with van der Waals surface area (Å²) >= 11 is 12.0. The predicted molar refractivity (Wildman–Crippen MR) is 111 cm³/mol. The molecule has 3 rings (SSSR count). The lowest BCUT2D eigenvalue weighted by Crippen LogP contribution is -2.40. The molecule has 2 N–H and O–H groups in total.